The van der Waals surface area contributed by atoms with Gasteiger partial charge in [-0.05, 0) is 53.6 Å². The van der Waals surface area contributed by atoms with Crippen molar-refractivity contribution in [3.05, 3.63) is 104 Å². The number of rotatable bonds is 4. The Hall–Kier alpha value is -3.23. The average molecular weight is 556 g/mol. The van der Waals surface area contributed by atoms with Gasteiger partial charge in [0.1, 0.15) is 5.76 Å². The van der Waals surface area contributed by atoms with E-state index in [0.717, 1.165) is 8.95 Å². The molecule has 1 aliphatic rings. The summed E-state index contributed by atoms with van der Waals surface area (Å²) in [5, 5.41) is 22.5. The van der Waals surface area contributed by atoms with E-state index in [1.807, 2.05) is 0 Å². The van der Waals surface area contributed by atoms with Crippen molar-refractivity contribution in [2.45, 2.75) is 6.04 Å². The molecular weight excluding hydrogens is 542 g/mol. The second kappa shape index (κ2) is 8.72. The molecule has 1 aliphatic heterocycles. The first-order chi connectivity index (χ1) is 15.3. The van der Waals surface area contributed by atoms with Crippen LogP contribution in [0.5, 0.6) is 0 Å². The predicted molar refractivity (Wildman–Crippen MR) is 124 cm³/mol. The molecular formula is C24H14Br2NO5-. The van der Waals surface area contributed by atoms with Gasteiger partial charge in [0.2, 0.25) is 0 Å². The molecule has 0 saturated carbocycles. The number of benzene rings is 3. The summed E-state index contributed by atoms with van der Waals surface area (Å²) in [5.74, 6) is -3.42. The molecule has 6 nitrogen and oxygen atoms in total. The van der Waals surface area contributed by atoms with E-state index in [0.29, 0.717) is 16.8 Å². The van der Waals surface area contributed by atoms with E-state index >= 15 is 0 Å². The number of carbonyl (C=O) groups excluding carboxylic acids is 3. The SMILES string of the molecule is O=C1C(=O)N(c2ccc(Br)cc2)[C@@H](c2cccc(C(=O)[O-])c2)C1=C(O)c1ccc(Br)cc1. The highest BCUT2D eigenvalue weighted by Crippen LogP contribution is 2.42. The lowest BCUT2D eigenvalue weighted by Crippen LogP contribution is -2.29. The van der Waals surface area contributed by atoms with E-state index in [2.05, 4.69) is 31.9 Å². The van der Waals surface area contributed by atoms with Gasteiger partial charge in [-0.2, -0.15) is 0 Å². The summed E-state index contributed by atoms with van der Waals surface area (Å²) < 4.78 is 1.56. The molecule has 8 heteroatoms. The molecule has 4 rings (SSSR count). The minimum absolute atomic E-state index is 0.104. The van der Waals surface area contributed by atoms with Gasteiger partial charge >= 0.3 is 0 Å². The third-order valence-corrected chi connectivity index (χ3v) is 6.16. The monoisotopic (exact) mass is 554 g/mol. The van der Waals surface area contributed by atoms with Gasteiger partial charge in [-0.1, -0.05) is 62.2 Å². The van der Waals surface area contributed by atoms with Crippen LogP contribution in [-0.4, -0.2) is 22.8 Å². The van der Waals surface area contributed by atoms with Crippen LogP contribution in [0.25, 0.3) is 5.76 Å². The van der Waals surface area contributed by atoms with Gasteiger partial charge in [0.25, 0.3) is 11.7 Å². The molecule has 0 aromatic heterocycles. The lowest BCUT2D eigenvalue weighted by Gasteiger charge is -2.26. The zero-order chi connectivity index (χ0) is 23.0. The summed E-state index contributed by atoms with van der Waals surface area (Å²) in [4.78, 5) is 38.8. The number of amides is 1. The highest BCUT2D eigenvalue weighted by molar-refractivity contribution is 9.10. The summed E-state index contributed by atoms with van der Waals surface area (Å²) in [6, 6.07) is 18.2. The van der Waals surface area contributed by atoms with Gasteiger partial charge < -0.3 is 15.0 Å². The van der Waals surface area contributed by atoms with Crippen molar-refractivity contribution in [1.82, 2.24) is 0 Å². The van der Waals surface area contributed by atoms with E-state index in [1.165, 1.54) is 23.1 Å². The maximum absolute atomic E-state index is 13.1. The Labute approximate surface area is 200 Å². The van der Waals surface area contributed by atoms with Gasteiger partial charge in [-0.3, -0.25) is 14.5 Å². The normalized spacial score (nSPS) is 17.6. The maximum Gasteiger partial charge on any atom is 0.300 e. The number of carbonyl (C=O) groups is 3. The number of aliphatic hydroxyl groups is 1. The largest absolute Gasteiger partial charge is 0.545 e. The van der Waals surface area contributed by atoms with E-state index < -0.39 is 23.7 Å². The molecule has 160 valence electrons. The Kier molecular flexibility index (Phi) is 5.99. The molecule has 0 spiro atoms. The van der Waals surface area contributed by atoms with E-state index in [-0.39, 0.29) is 16.9 Å². The Morgan fingerprint density at radius 1 is 0.875 bits per heavy atom. The van der Waals surface area contributed by atoms with E-state index in [4.69, 9.17) is 0 Å². The predicted octanol–water partition coefficient (Wildman–Crippen LogP) is 4.20. The first-order valence-electron chi connectivity index (χ1n) is 9.41. The van der Waals surface area contributed by atoms with Crippen LogP contribution in [-0.2, 0) is 9.59 Å². The van der Waals surface area contributed by atoms with Gasteiger partial charge in [0.05, 0.1) is 17.6 Å². The Morgan fingerprint density at radius 3 is 2.06 bits per heavy atom. The summed E-state index contributed by atoms with van der Waals surface area (Å²) in [7, 11) is 0. The zero-order valence-electron chi connectivity index (χ0n) is 16.3. The molecule has 1 amide bonds. The molecule has 3 aromatic rings. The van der Waals surface area contributed by atoms with Gasteiger partial charge in [-0.25, -0.2) is 0 Å². The highest BCUT2D eigenvalue weighted by Gasteiger charge is 2.47. The van der Waals surface area contributed by atoms with Crippen LogP contribution >= 0.6 is 31.9 Å². The van der Waals surface area contributed by atoms with E-state index in [9.17, 15) is 24.6 Å². The van der Waals surface area contributed by atoms with Crippen molar-refractivity contribution in [3.63, 3.8) is 0 Å². The molecule has 32 heavy (non-hydrogen) atoms. The Bertz CT molecular complexity index is 1270. The summed E-state index contributed by atoms with van der Waals surface area (Å²) >= 11 is 6.67. The van der Waals surface area contributed by atoms with Gasteiger partial charge in [0, 0.05) is 20.2 Å². The second-order valence-corrected chi connectivity index (χ2v) is 8.90. The smallest absolute Gasteiger partial charge is 0.300 e. The van der Waals surface area contributed by atoms with Crippen LogP contribution in [0.15, 0.2) is 87.3 Å². The van der Waals surface area contributed by atoms with Crippen molar-refractivity contribution < 1.29 is 24.6 Å². The fraction of sp³-hybridized carbons (Fsp3) is 0.0417. The highest BCUT2D eigenvalue weighted by atomic mass is 79.9. The second-order valence-electron chi connectivity index (χ2n) is 7.07. The third-order valence-electron chi connectivity index (χ3n) is 5.10. The molecule has 1 saturated heterocycles. The molecule has 1 N–H and O–H groups in total. The molecule has 0 bridgehead atoms. The number of Topliss-reactive ketones (excluding diaryl/α,β-unsaturated/α-hetero) is 1. The van der Waals surface area contributed by atoms with Gasteiger partial charge in [-0.15, -0.1) is 0 Å². The van der Waals surface area contributed by atoms with Crippen molar-refractivity contribution in [3.8, 4) is 0 Å². The zero-order valence-corrected chi connectivity index (χ0v) is 19.5. The van der Waals surface area contributed by atoms with Crippen molar-refractivity contribution >= 4 is 61.0 Å². The number of hydrogen-bond donors (Lipinski definition) is 1. The lowest BCUT2D eigenvalue weighted by atomic mass is 9.94. The number of halogens is 2. The van der Waals surface area contributed by atoms with Crippen LogP contribution in [0.3, 0.4) is 0 Å². The number of carboxylic acid groups (broad SMARTS) is 1. The first-order valence-corrected chi connectivity index (χ1v) is 11.0. The summed E-state index contributed by atoms with van der Waals surface area (Å²) in [5.41, 5.74) is 0.896. The van der Waals surface area contributed by atoms with Gasteiger partial charge in [0.15, 0.2) is 0 Å². The Morgan fingerprint density at radius 2 is 1.47 bits per heavy atom. The Balaban J connectivity index is 1.96. The van der Waals surface area contributed by atoms with Crippen molar-refractivity contribution in [2.75, 3.05) is 4.90 Å². The number of carboxylic acids is 1. The quantitative estimate of drug-likeness (QED) is 0.295. The molecule has 3 aromatic carbocycles. The maximum atomic E-state index is 13.1. The van der Waals surface area contributed by atoms with Crippen LogP contribution in [0.2, 0.25) is 0 Å². The number of hydrogen-bond acceptors (Lipinski definition) is 5. The number of nitrogens with zero attached hydrogens (tertiary/aromatic N) is 1. The average Bonchev–Trinajstić information content (AvgIpc) is 3.05. The fourth-order valence-corrected chi connectivity index (χ4v) is 4.14. The van der Waals surface area contributed by atoms with Crippen LogP contribution in [0.4, 0.5) is 5.69 Å². The van der Waals surface area contributed by atoms with E-state index in [1.54, 1.807) is 54.6 Å². The number of ketones is 1. The molecule has 0 unspecified atom stereocenters. The number of aromatic carboxylic acids is 1. The van der Waals surface area contributed by atoms with Crippen LogP contribution < -0.4 is 10.0 Å². The van der Waals surface area contributed by atoms with Crippen molar-refractivity contribution in [1.29, 1.82) is 0 Å². The molecule has 0 aliphatic carbocycles. The first kappa shape index (κ1) is 22.0. The summed E-state index contributed by atoms with van der Waals surface area (Å²) in [6.45, 7) is 0. The van der Waals surface area contributed by atoms with Crippen LogP contribution in [0, 0.1) is 0 Å². The number of aliphatic hydroxyl groups excluding tert-OH is 1. The number of anilines is 1. The molecule has 1 fully saturated rings. The lowest BCUT2D eigenvalue weighted by molar-refractivity contribution is -0.255. The van der Waals surface area contributed by atoms with Crippen molar-refractivity contribution in [2.24, 2.45) is 0 Å². The fourth-order valence-electron chi connectivity index (χ4n) is 3.61. The minimum atomic E-state index is -1.39. The van der Waals surface area contributed by atoms with Crippen LogP contribution in [0.1, 0.15) is 27.5 Å². The standard InChI is InChI=1S/C24H15Br2NO5/c25-16-6-4-13(5-7-16)21(28)19-20(14-2-1-3-15(12-14)24(31)32)27(23(30)22(19)29)18-10-8-17(26)9-11-18/h1-12,20,28H,(H,31,32)/p-1/t20-/m0/s1. The topological polar surface area (TPSA) is 97.7 Å². The third kappa shape index (κ3) is 3.99. The molecule has 0 radical (unpaired) electrons. The summed E-state index contributed by atoms with van der Waals surface area (Å²) in [6.07, 6.45) is 0. The minimum Gasteiger partial charge on any atom is -0.545 e. The molecule has 1 atom stereocenters. The molecule has 1 heterocycles.